The molecule has 0 saturated heterocycles. The van der Waals surface area contributed by atoms with E-state index < -0.39 is 58.8 Å². The fourth-order valence-electron chi connectivity index (χ4n) is 9.38. The van der Waals surface area contributed by atoms with Gasteiger partial charge in [0.25, 0.3) is 0 Å². The first-order valence-electron chi connectivity index (χ1n) is 13.7. The van der Waals surface area contributed by atoms with Crippen molar-refractivity contribution in [3.63, 3.8) is 0 Å². The summed E-state index contributed by atoms with van der Waals surface area (Å²) in [7, 11) is 0. The van der Waals surface area contributed by atoms with Crippen LogP contribution in [-0.2, 0) is 0 Å². The van der Waals surface area contributed by atoms with Gasteiger partial charge in [0.05, 0.1) is 36.1 Å². The molecule has 4 rings (SSSR count). The molecule has 15 atom stereocenters. The third-order valence-electron chi connectivity index (χ3n) is 11.4. The van der Waals surface area contributed by atoms with E-state index in [0.717, 1.165) is 6.42 Å². The SMILES string of the molecule is CC(C=CC(C)C1C(O)C(O)C2C1(C)CCC1C3(C)CCC(O)C(O)C3C(O)CC12O)C(C)CO. The van der Waals surface area contributed by atoms with Gasteiger partial charge in [-0.2, -0.15) is 0 Å². The van der Waals surface area contributed by atoms with Crippen LogP contribution in [0, 0.1) is 52.3 Å². The first kappa shape index (κ1) is 27.5. The molecule has 7 nitrogen and oxygen atoms in total. The first-order chi connectivity index (χ1) is 16.2. The van der Waals surface area contributed by atoms with Gasteiger partial charge in [-0.3, -0.25) is 0 Å². The molecule has 4 aliphatic rings. The predicted octanol–water partition coefficient (Wildman–Crippen LogP) is 1.46. The molecular formula is C28H48O7. The van der Waals surface area contributed by atoms with Crippen molar-refractivity contribution in [3.05, 3.63) is 12.2 Å². The molecular weight excluding hydrogens is 448 g/mol. The molecule has 0 radical (unpaired) electrons. The van der Waals surface area contributed by atoms with E-state index in [0.29, 0.717) is 19.3 Å². The van der Waals surface area contributed by atoms with Crippen molar-refractivity contribution >= 4 is 0 Å². The maximum atomic E-state index is 12.3. The second kappa shape index (κ2) is 9.33. The van der Waals surface area contributed by atoms with E-state index in [9.17, 15) is 35.7 Å². The maximum absolute atomic E-state index is 12.3. The molecule has 7 heteroatoms. The first-order valence-corrected chi connectivity index (χ1v) is 13.7. The Hall–Kier alpha value is -0.540. The smallest absolute Gasteiger partial charge is 0.0863 e. The Bertz CT molecular complexity index is 804. The summed E-state index contributed by atoms with van der Waals surface area (Å²) >= 11 is 0. The Morgan fingerprint density at radius 2 is 1.46 bits per heavy atom. The van der Waals surface area contributed by atoms with Crippen LogP contribution >= 0.6 is 0 Å². The number of hydrogen-bond acceptors (Lipinski definition) is 7. The van der Waals surface area contributed by atoms with Gasteiger partial charge in [-0.25, -0.2) is 0 Å². The van der Waals surface area contributed by atoms with Gasteiger partial charge in [0, 0.05) is 24.9 Å². The minimum absolute atomic E-state index is 0.0216. The van der Waals surface area contributed by atoms with Crippen LogP contribution in [0.25, 0.3) is 0 Å². The molecule has 0 amide bonds. The Morgan fingerprint density at radius 1 is 0.829 bits per heavy atom. The van der Waals surface area contributed by atoms with Gasteiger partial charge in [-0.15, -0.1) is 0 Å². The number of fused-ring (bicyclic) bond motifs is 5. The molecule has 15 unspecified atom stereocenters. The van der Waals surface area contributed by atoms with Gasteiger partial charge < -0.3 is 35.7 Å². The minimum Gasteiger partial charge on any atom is -0.396 e. The second-order valence-electron chi connectivity index (χ2n) is 13.2. The van der Waals surface area contributed by atoms with Crippen molar-refractivity contribution in [2.75, 3.05) is 6.61 Å². The van der Waals surface area contributed by atoms with Crippen molar-refractivity contribution in [3.8, 4) is 0 Å². The van der Waals surface area contributed by atoms with Crippen LogP contribution in [0.15, 0.2) is 12.2 Å². The Labute approximate surface area is 209 Å². The summed E-state index contributed by atoms with van der Waals surface area (Å²) in [6.45, 7) is 10.3. The molecule has 35 heavy (non-hydrogen) atoms. The summed E-state index contributed by atoms with van der Waals surface area (Å²) in [5, 5.41) is 76.8. The zero-order valence-electron chi connectivity index (χ0n) is 22.0. The quantitative estimate of drug-likeness (QED) is 0.286. The Balaban J connectivity index is 1.67. The van der Waals surface area contributed by atoms with E-state index in [-0.39, 0.29) is 42.6 Å². The molecule has 202 valence electrons. The lowest BCUT2D eigenvalue weighted by molar-refractivity contribution is -0.280. The normalized spacial score (nSPS) is 54.6. The Morgan fingerprint density at radius 3 is 2.09 bits per heavy atom. The number of allylic oxidation sites excluding steroid dienone is 2. The second-order valence-corrected chi connectivity index (χ2v) is 13.2. The standard InChI is InChI=1S/C28H48O7/c1-14(16(3)13-29)6-7-15(2)20-23(33)24(34)25-27(20,5)11-9-19-26(4)10-8-17(30)22(32)21(26)18(31)12-28(19,25)35/h6-7,14-25,29-35H,8-13H2,1-5H3. The average molecular weight is 497 g/mol. The van der Waals surface area contributed by atoms with E-state index in [1.165, 1.54) is 0 Å². The van der Waals surface area contributed by atoms with Gasteiger partial charge in [0.1, 0.15) is 0 Å². The van der Waals surface area contributed by atoms with Gasteiger partial charge >= 0.3 is 0 Å². The summed E-state index contributed by atoms with van der Waals surface area (Å²) in [6.07, 6.45) is 1.53. The maximum Gasteiger partial charge on any atom is 0.0863 e. The molecule has 4 fully saturated rings. The highest BCUT2D eigenvalue weighted by Gasteiger charge is 2.73. The van der Waals surface area contributed by atoms with Crippen LogP contribution in [0.4, 0.5) is 0 Å². The van der Waals surface area contributed by atoms with E-state index in [1.807, 2.05) is 20.8 Å². The van der Waals surface area contributed by atoms with Gasteiger partial charge in [-0.05, 0) is 66.1 Å². The molecule has 4 aliphatic carbocycles. The van der Waals surface area contributed by atoms with Crippen LogP contribution in [-0.4, -0.2) is 78.5 Å². The number of aliphatic hydroxyl groups excluding tert-OH is 6. The third-order valence-corrected chi connectivity index (χ3v) is 11.4. The highest BCUT2D eigenvalue weighted by Crippen LogP contribution is 2.69. The lowest BCUT2D eigenvalue weighted by Gasteiger charge is -2.66. The molecule has 7 N–H and O–H groups in total. The summed E-state index contributed by atoms with van der Waals surface area (Å²) < 4.78 is 0. The van der Waals surface area contributed by atoms with Crippen molar-refractivity contribution in [1.29, 1.82) is 0 Å². The molecule has 0 aromatic heterocycles. The largest absolute Gasteiger partial charge is 0.396 e. The van der Waals surface area contributed by atoms with Crippen molar-refractivity contribution in [2.45, 2.75) is 103 Å². The van der Waals surface area contributed by atoms with Gasteiger partial charge in [0.15, 0.2) is 0 Å². The number of hydrogen-bond donors (Lipinski definition) is 7. The van der Waals surface area contributed by atoms with E-state index in [1.54, 1.807) is 0 Å². The van der Waals surface area contributed by atoms with E-state index in [4.69, 9.17) is 0 Å². The lowest BCUT2D eigenvalue weighted by atomic mass is 9.41. The highest BCUT2D eigenvalue weighted by molar-refractivity contribution is 5.23. The number of aliphatic hydroxyl groups is 7. The summed E-state index contributed by atoms with van der Waals surface area (Å²) in [5.41, 5.74) is -2.48. The molecule has 4 saturated carbocycles. The number of rotatable bonds is 5. The highest BCUT2D eigenvalue weighted by atomic mass is 16.3. The van der Waals surface area contributed by atoms with Crippen LogP contribution in [0.2, 0.25) is 0 Å². The van der Waals surface area contributed by atoms with Crippen molar-refractivity contribution < 1.29 is 35.7 Å². The summed E-state index contributed by atoms with van der Waals surface area (Å²) in [5.74, 6) is -1.40. The summed E-state index contributed by atoms with van der Waals surface area (Å²) in [4.78, 5) is 0. The van der Waals surface area contributed by atoms with E-state index in [2.05, 4.69) is 26.0 Å². The molecule has 0 aromatic carbocycles. The van der Waals surface area contributed by atoms with Crippen LogP contribution in [0.5, 0.6) is 0 Å². The molecule has 0 spiro atoms. The van der Waals surface area contributed by atoms with Crippen molar-refractivity contribution in [2.24, 2.45) is 52.3 Å². The van der Waals surface area contributed by atoms with Gasteiger partial charge in [0.2, 0.25) is 0 Å². The van der Waals surface area contributed by atoms with Gasteiger partial charge in [-0.1, -0.05) is 46.8 Å². The summed E-state index contributed by atoms with van der Waals surface area (Å²) in [6, 6.07) is 0. The van der Waals surface area contributed by atoms with Crippen LogP contribution in [0.1, 0.15) is 66.7 Å². The molecule has 0 aliphatic heterocycles. The zero-order valence-corrected chi connectivity index (χ0v) is 22.0. The predicted molar refractivity (Wildman–Crippen MR) is 132 cm³/mol. The minimum atomic E-state index is -1.38. The Kier molecular flexibility index (Phi) is 7.33. The topological polar surface area (TPSA) is 142 Å². The van der Waals surface area contributed by atoms with Crippen LogP contribution in [0.3, 0.4) is 0 Å². The van der Waals surface area contributed by atoms with Crippen LogP contribution < -0.4 is 0 Å². The fraction of sp³-hybridized carbons (Fsp3) is 0.929. The monoisotopic (exact) mass is 496 g/mol. The molecule has 0 aromatic rings. The van der Waals surface area contributed by atoms with Crippen molar-refractivity contribution in [1.82, 2.24) is 0 Å². The fourth-order valence-corrected chi connectivity index (χ4v) is 9.38. The zero-order chi connectivity index (χ0) is 26.1. The molecule has 0 bridgehead atoms. The third kappa shape index (κ3) is 3.96. The molecule has 0 heterocycles. The lowest BCUT2D eigenvalue weighted by Crippen LogP contribution is -2.71. The van der Waals surface area contributed by atoms with E-state index >= 15 is 0 Å². The average Bonchev–Trinajstić information content (AvgIpc) is 2.99.